The largest absolute Gasteiger partial charge is 0.355 e. The number of nitrogens with zero attached hydrogens (tertiary/aromatic N) is 3. The molecule has 0 atom stereocenters. The maximum atomic E-state index is 11.4. The summed E-state index contributed by atoms with van der Waals surface area (Å²) in [4.78, 5) is 15.6. The number of hydrogen-bond donors (Lipinski definition) is 1. The lowest BCUT2D eigenvalue weighted by molar-refractivity contribution is 0.0963. The van der Waals surface area contributed by atoms with Crippen molar-refractivity contribution in [3.05, 3.63) is 23.5 Å². The molecule has 15 heavy (non-hydrogen) atoms. The first kappa shape index (κ1) is 9.64. The summed E-state index contributed by atoms with van der Waals surface area (Å²) in [6.07, 6.45) is 1.56. The maximum Gasteiger partial charge on any atom is 0.252 e. The number of aromatic nitrogens is 3. The molecule has 2 aromatic rings. The van der Waals surface area contributed by atoms with Gasteiger partial charge in [-0.05, 0) is 13.0 Å². The highest BCUT2D eigenvalue weighted by Gasteiger charge is 2.10. The Balaban J connectivity index is 2.65. The van der Waals surface area contributed by atoms with Crippen molar-refractivity contribution in [1.29, 1.82) is 0 Å². The van der Waals surface area contributed by atoms with Gasteiger partial charge in [0.05, 0.1) is 11.3 Å². The fourth-order valence-corrected chi connectivity index (χ4v) is 1.58. The van der Waals surface area contributed by atoms with Crippen LogP contribution in [0.2, 0.25) is 0 Å². The Morgan fingerprint density at radius 3 is 2.93 bits per heavy atom. The van der Waals surface area contributed by atoms with Crippen molar-refractivity contribution in [3.63, 3.8) is 0 Å². The number of pyridine rings is 1. The molecule has 0 aliphatic rings. The molecular weight excluding hydrogens is 192 g/mol. The second-order valence-corrected chi connectivity index (χ2v) is 3.38. The molecule has 0 aliphatic heterocycles. The molecule has 5 nitrogen and oxygen atoms in total. The number of hydrogen-bond acceptors (Lipinski definition) is 3. The molecule has 2 heterocycles. The Hall–Kier alpha value is -1.91. The molecule has 0 radical (unpaired) electrons. The quantitative estimate of drug-likeness (QED) is 0.741. The highest BCUT2D eigenvalue weighted by Crippen LogP contribution is 2.16. The van der Waals surface area contributed by atoms with Crippen LogP contribution in [0.15, 0.2) is 12.3 Å². The molecule has 5 heteroatoms. The van der Waals surface area contributed by atoms with E-state index in [0.717, 1.165) is 16.7 Å². The van der Waals surface area contributed by atoms with Gasteiger partial charge >= 0.3 is 0 Å². The van der Waals surface area contributed by atoms with E-state index in [1.165, 1.54) is 0 Å². The number of amides is 1. The third-order valence-electron chi connectivity index (χ3n) is 2.35. The van der Waals surface area contributed by atoms with Gasteiger partial charge in [-0.1, -0.05) is 0 Å². The van der Waals surface area contributed by atoms with Crippen LogP contribution in [0.3, 0.4) is 0 Å². The monoisotopic (exact) mass is 204 g/mol. The van der Waals surface area contributed by atoms with Crippen molar-refractivity contribution >= 4 is 16.9 Å². The van der Waals surface area contributed by atoms with Crippen LogP contribution in [0.5, 0.6) is 0 Å². The Bertz CT molecular complexity index is 529. The second kappa shape index (κ2) is 3.34. The summed E-state index contributed by atoms with van der Waals surface area (Å²) in [5, 5.41) is 7.72. The minimum atomic E-state index is -0.132. The van der Waals surface area contributed by atoms with Gasteiger partial charge in [-0.25, -0.2) is 4.98 Å². The van der Waals surface area contributed by atoms with Crippen molar-refractivity contribution in [3.8, 4) is 0 Å². The number of fused-ring (bicyclic) bond motifs is 1. The van der Waals surface area contributed by atoms with E-state index in [-0.39, 0.29) is 5.91 Å². The lowest BCUT2D eigenvalue weighted by Crippen LogP contribution is -2.17. The molecule has 0 aliphatic carbocycles. The summed E-state index contributed by atoms with van der Waals surface area (Å²) < 4.78 is 1.71. The Morgan fingerprint density at radius 2 is 2.27 bits per heavy atom. The fourth-order valence-electron chi connectivity index (χ4n) is 1.58. The zero-order valence-electron chi connectivity index (χ0n) is 8.90. The molecule has 2 rings (SSSR count). The molecule has 78 valence electrons. The van der Waals surface area contributed by atoms with E-state index in [1.807, 2.05) is 20.0 Å². The van der Waals surface area contributed by atoms with Crippen molar-refractivity contribution in [1.82, 2.24) is 20.1 Å². The summed E-state index contributed by atoms with van der Waals surface area (Å²) in [7, 11) is 3.44. The van der Waals surface area contributed by atoms with Gasteiger partial charge in [0, 0.05) is 25.7 Å². The molecule has 0 saturated heterocycles. The maximum absolute atomic E-state index is 11.4. The van der Waals surface area contributed by atoms with Crippen LogP contribution < -0.4 is 5.32 Å². The number of carbonyl (C=O) groups is 1. The van der Waals surface area contributed by atoms with Crippen LogP contribution in [0, 0.1) is 6.92 Å². The van der Waals surface area contributed by atoms with E-state index in [1.54, 1.807) is 17.9 Å². The summed E-state index contributed by atoms with van der Waals surface area (Å²) in [5.41, 5.74) is 2.23. The first-order valence-corrected chi connectivity index (χ1v) is 4.65. The zero-order chi connectivity index (χ0) is 11.0. The SMILES string of the molecule is CNC(=O)c1cnc2c(c1)c(C)nn2C. The van der Waals surface area contributed by atoms with Crippen LogP contribution in [0.1, 0.15) is 16.1 Å². The minimum Gasteiger partial charge on any atom is -0.355 e. The van der Waals surface area contributed by atoms with E-state index in [4.69, 9.17) is 0 Å². The number of nitrogens with one attached hydrogen (secondary N) is 1. The van der Waals surface area contributed by atoms with E-state index < -0.39 is 0 Å². The number of aryl methyl sites for hydroxylation is 2. The van der Waals surface area contributed by atoms with Crippen molar-refractivity contribution in [2.75, 3.05) is 7.05 Å². The topological polar surface area (TPSA) is 59.8 Å². The van der Waals surface area contributed by atoms with Crippen molar-refractivity contribution < 1.29 is 4.79 Å². The molecule has 0 fully saturated rings. The normalized spacial score (nSPS) is 10.6. The third kappa shape index (κ3) is 1.45. The summed E-state index contributed by atoms with van der Waals surface area (Å²) in [6, 6.07) is 1.81. The first-order chi connectivity index (χ1) is 7.13. The molecule has 0 saturated carbocycles. The zero-order valence-corrected chi connectivity index (χ0v) is 8.90. The second-order valence-electron chi connectivity index (χ2n) is 3.38. The lowest BCUT2D eigenvalue weighted by atomic mass is 10.2. The molecule has 0 aromatic carbocycles. The molecule has 0 bridgehead atoms. The predicted octanol–water partition coefficient (Wildman–Crippen LogP) is 0.636. The summed E-state index contributed by atoms with van der Waals surface area (Å²) in [6.45, 7) is 1.90. The smallest absolute Gasteiger partial charge is 0.252 e. The van der Waals surface area contributed by atoms with Crippen molar-refractivity contribution in [2.45, 2.75) is 6.92 Å². The molecule has 0 unspecified atom stereocenters. The Kier molecular flexibility index (Phi) is 2.15. The highest BCUT2D eigenvalue weighted by molar-refractivity contribution is 5.97. The van der Waals surface area contributed by atoms with E-state index in [0.29, 0.717) is 5.56 Å². The molecule has 2 aromatic heterocycles. The molecule has 1 N–H and O–H groups in total. The fraction of sp³-hybridized carbons (Fsp3) is 0.300. The predicted molar refractivity (Wildman–Crippen MR) is 56.6 cm³/mol. The van der Waals surface area contributed by atoms with E-state index >= 15 is 0 Å². The van der Waals surface area contributed by atoms with Gasteiger partial charge in [0.25, 0.3) is 5.91 Å². The van der Waals surface area contributed by atoms with Gasteiger partial charge in [0.15, 0.2) is 5.65 Å². The van der Waals surface area contributed by atoms with Crippen LogP contribution >= 0.6 is 0 Å². The van der Waals surface area contributed by atoms with Crippen LogP contribution in [0.25, 0.3) is 11.0 Å². The molecule has 0 spiro atoms. The van der Waals surface area contributed by atoms with Gasteiger partial charge < -0.3 is 5.32 Å². The average Bonchev–Trinajstić information content (AvgIpc) is 2.53. The van der Waals surface area contributed by atoms with Crippen LogP contribution in [-0.2, 0) is 7.05 Å². The van der Waals surface area contributed by atoms with Gasteiger partial charge in [0.2, 0.25) is 0 Å². The Labute approximate surface area is 87.1 Å². The number of carbonyl (C=O) groups excluding carboxylic acids is 1. The highest BCUT2D eigenvalue weighted by atomic mass is 16.1. The van der Waals surface area contributed by atoms with Gasteiger partial charge in [-0.3, -0.25) is 9.48 Å². The van der Waals surface area contributed by atoms with Gasteiger partial charge in [-0.2, -0.15) is 5.10 Å². The van der Waals surface area contributed by atoms with Gasteiger partial charge in [-0.15, -0.1) is 0 Å². The van der Waals surface area contributed by atoms with Crippen molar-refractivity contribution in [2.24, 2.45) is 7.05 Å². The number of rotatable bonds is 1. The average molecular weight is 204 g/mol. The van der Waals surface area contributed by atoms with Crippen LogP contribution in [0.4, 0.5) is 0 Å². The van der Waals surface area contributed by atoms with E-state index in [9.17, 15) is 4.79 Å². The van der Waals surface area contributed by atoms with E-state index in [2.05, 4.69) is 15.4 Å². The Morgan fingerprint density at radius 1 is 1.53 bits per heavy atom. The third-order valence-corrected chi connectivity index (χ3v) is 2.35. The van der Waals surface area contributed by atoms with Crippen LogP contribution in [-0.4, -0.2) is 27.7 Å². The first-order valence-electron chi connectivity index (χ1n) is 4.65. The molecule has 1 amide bonds. The standard InChI is InChI=1S/C10H12N4O/c1-6-8-4-7(10(15)11-2)5-12-9(8)14(3)13-6/h4-5H,1-3H3,(H,11,15). The lowest BCUT2D eigenvalue weighted by Gasteiger charge is -1.99. The molecular formula is C10H12N4O. The summed E-state index contributed by atoms with van der Waals surface area (Å²) in [5.74, 6) is -0.132. The summed E-state index contributed by atoms with van der Waals surface area (Å²) >= 11 is 0. The van der Waals surface area contributed by atoms with Gasteiger partial charge in [0.1, 0.15) is 0 Å². The minimum absolute atomic E-state index is 0.132.